The number of esters is 1. The molecule has 28 heavy (non-hydrogen) atoms. The number of anilines is 2. The van der Waals surface area contributed by atoms with Crippen LogP contribution in [0.1, 0.15) is 41.3 Å². The van der Waals surface area contributed by atoms with Crippen LogP contribution in [0.4, 0.5) is 11.4 Å². The second-order valence-electron chi connectivity index (χ2n) is 7.05. The average molecular weight is 380 g/mol. The summed E-state index contributed by atoms with van der Waals surface area (Å²) in [5.74, 6) is -1.03. The summed E-state index contributed by atoms with van der Waals surface area (Å²) in [4.78, 5) is 37.3. The normalized spacial score (nSPS) is 14.1. The first-order valence-corrected chi connectivity index (χ1v) is 9.33. The van der Waals surface area contributed by atoms with Crippen LogP contribution in [0.25, 0.3) is 0 Å². The Morgan fingerprint density at radius 3 is 2.04 bits per heavy atom. The second kappa shape index (κ2) is 7.84. The fourth-order valence-corrected chi connectivity index (χ4v) is 3.08. The molecule has 0 bridgehead atoms. The van der Waals surface area contributed by atoms with Gasteiger partial charge in [-0.2, -0.15) is 0 Å². The van der Waals surface area contributed by atoms with Gasteiger partial charge >= 0.3 is 5.97 Å². The molecule has 3 rings (SSSR count). The number of hydrogen-bond acceptors (Lipinski definition) is 4. The molecule has 2 aromatic rings. The highest BCUT2D eigenvalue weighted by Gasteiger charge is 2.56. The predicted molar refractivity (Wildman–Crippen MR) is 107 cm³/mol. The number of carbonyl (C=O) groups excluding carboxylic acids is 3. The lowest BCUT2D eigenvalue weighted by Crippen LogP contribution is -2.36. The summed E-state index contributed by atoms with van der Waals surface area (Å²) in [6.45, 7) is 5.89. The molecule has 0 aromatic heterocycles. The molecule has 1 aliphatic carbocycles. The summed E-state index contributed by atoms with van der Waals surface area (Å²) in [6.07, 6.45) is 1.02. The summed E-state index contributed by atoms with van der Waals surface area (Å²) < 4.78 is 4.94. The van der Waals surface area contributed by atoms with Crippen LogP contribution >= 0.6 is 0 Å². The molecule has 0 radical (unpaired) electrons. The van der Waals surface area contributed by atoms with Crippen molar-refractivity contribution >= 4 is 29.2 Å². The van der Waals surface area contributed by atoms with Crippen molar-refractivity contribution in [2.45, 2.75) is 33.6 Å². The van der Waals surface area contributed by atoms with Gasteiger partial charge in [0.05, 0.1) is 12.2 Å². The van der Waals surface area contributed by atoms with Gasteiger partial charge in [0.2, 0.25) is 11.8 Å². The first kappa shape index (κ1) is 19.6. The van der Waals surface area contributed by atoms with Gasteiger partial charge in [-0.1, -0.05) is 18.2 Å². The number of nitrogens with one attached hydrogen (secondary N) is 2. The SMILES string of the molecule is CCOC(=O)c1ccc(NC(=O)C2(C(=O)Nc3c(C)cccc3C)CC2)cc1. The molecule has 2 N–H and O–H groups in total. The number of carbonyl (C=O) groups is 3. The van der Waals surface area contributed by atoms with Crippen molar-refractivity contribution in [3.63, 3.8) is 0 Å². The topological polar surface area (TPSA) is 84.5 Å². The van der Waals surface area contributed by atoms with E-state index in [9.17, 15) is 14.4 Å². The molecule has 146 valence electrons. The Hall–Kier alpha value is -3.15. The maximum absolute atomic E-state index is 12.8. The molecular weight excluding hydrogens is 356 g/mol. The van der Waals surface area contributed by atoms with E-state index in [1.165, 1.54) is 0 Å². The van der Waals surface area contributed by atoms with Crippen molar-refractivity contribution in [2.24, 2.45) is 5.41 Å². The molecule has 1 saturated carbocycles. The zero-order valence-corrected chi connectivity index (χ0v) is 16.3. The number of amides is 2. The minimum absolute atomic E-state index is 0.287. The maximum atomic E-state index is 12.8. The fraction of sp³-hybridized carbons (Fsp3) is 0.318. The largest absolute Gasteiger partial charge is 0.462 e. The zero-order valence-electron chi connectivity index (χ0n) is 16.3. The van der Waals surface area contributed by atoms with Crippen LogP contribution in [0.5, 0.6) is 0 Å². The van der Waals surface area contributed by atoms with Crippen LogP contribution in [-0.4, -0.2) is 24.4 Å². The Morgan fingerprint density at radius 1 is 0.929 bits per heavy atom. The van der Waals surface area contributed by atoms with Gasteiger partial charge in [0, 0.05) is 11.4 Å². The van der Waals surface area contributed by atoms with Crippen molar-refractivity contribution in [3.05, 3.63) is 59.2 Å². The Morgan fingerprint density at radius 2 is 1.50 bits per heavy atom. The second-order valence-corrected chi connectivity index (χ2v) is 7.05. The van der Waals surface area contributed by atoms with Crippen LogP contribution in [-0.2, 0) is 14.3 Å². The third kappa shape index (κ3) is 3.91. The van der Waals surface area contributed by atoms with Crippen molar-refractivity contribution < 1.29 is 19.1 Å². The number of ether oxygens (including phenoxy) is 1. The van der Waals surface area contributed by atoms with E-state index >= 15 is 0 Å². The van der Waals surface area contributed by atoms with Gasteiger partial charge in [0.25, 0.3) is 0 Å². The van der Waals surface area contributed by atoms with E-state index in [4.69, 9.17) is 4.74 Å². The van der Waals surface area contributed by atoms with Gasteiger partial charge in [-0.15, -0.1) is 0 Å². The number of benzene rings is 2. The van der Waals surface area contributed by atoms with Gasteiger partial charge in [0.15, 0.2) is 0 Å². The molecule has 0 saturated heterocycles. The number of rotatable bonds is 6. The molecule has 2 aromatic carbocycles. The molecular formula is C22H24N2O4. The van der Waals surface area contributed by atoms with E-state index in [2.05, 4.69) is 10.6 Å². The van der Waals surface area contributed by atoms with E-state index in [1.807, 2.05) is 32.0 Å². The Balaban J connectivity index is 1.68. The first-order valence-electron chi connectivity index (χ1n) is 9.33. The molecule has 6 nitrogen and oxygen atoms in total. The van der Waals surface area contributed by atoms with Crippen LogP contribution in [0, 0.1) is 19.3 Å². The lowest BCUT2D eigenvalue weighted by molar-refractivity contribution is -0.131. The third-order valence-electron chi connectivity index (χ3n) is 4.99. The number of para-hydroxylation sites is 1. The summed E-state index contributed by atoms with van der Waals surface area (Å²) in [6, 6.07) is 12.2. The quantitative estimate of drug-likeness (QED) is 0.589. The Kier molecular flexibility index (Phi) is 5.49. The highest BCUT2D eigenvalue weighted by atomic mass is 16.5. The summed E-state index contributed by atoms with van der Waals surface area (Å²) in [5.41, 5.74) is 2.57. The molecule has 0 aliphatic heterocycles. The predicted octanol–water partition coefficient (Wildman–Crippen LogP) is 3.84. The lowest BCUT2D eigenvalue weighted by Gasteiger charge is -2.18. The van der Waals surface area contributed by atoms with Crippen LogP contribution in [0.2, 0.25) is 0 Å². The molecule has 2 amide bonds. The zero-order chi connectivity index (χ0) is 20.3. The van der Waals surface area contributed by atoms with Crippen LogP contribution < -0.4 is 10.6 Å². The minimum Gasteiger partial charge on any atom is -0.462 e. The average Bonchev–Trinajstić information content (AvgIpc) is 3.47. The Labute approximate surface area is 164 Å². The monoisotopic (exact) mass is 380 g/mol. The van der Waals surface area contributed by atoms with E-state index in [1.54, 1.807) is 31.2 Å². The van der Waals surface area contributed by atoms with Gasteiger partial charge in [-0.25, -0.2) is 4.79 Å². The summed E-state index contributed by atoms with van der Waals surface area (Å²) in [5, 5.41) is 5.71. The van der Waals surface area contributed by atoms with E-state index in [-0.39, 0.29) is 11.8 Å². The minimum atomic E-state index is -1.05. The van der Waals surface area contributed by atoms with Gasteiger partial charge < -0.3 is 15.4 Å². The molecule has 1 aliphatic rings. The molecule has 0 spiro atoms. The highest BCUT2D eigenvalue weighted by Crippen LogP contribution is 2.47. The van der Waals surface area contributed by atoms with E-state index < -0.39 is 11.4 Å². The lowest BCUT2D eigenvalue weighted by atomic mass is 10.0. The van der Waals surface area contributed by atoms with Gasteiger partial charge in [-0.3, -0.25) is 9.59 Å². The third-order valence-corrected chi connectivity index (χ3v) is 4.99. The van der Waals surface area contributed by atoms with Gasteiger partial charge in [-0.05, 0) is 69.0 Å². The number of aryl methyl sites for hydroxylation is 2. The Bertz CT molecular complexity index is 894. The summed E-state index contributed by atoms with van der Waals surface area (Å²) >= 11 is 0. The van der Waals surface area contributed by atoms with E-state index in [0.29, 0.717) is 30.7 Å². The van der Waals surface area contributed by atoms with E-state index in [0.717, 1.165) is 16.8 Å². The molecule has 0 unspecified atom stereocenters. The highest BCUT2D eigenvalue weighted by molar-refractivity contribution is 6.17. The van der Waals surface area contributed by atoms with Crippen molar-refractivity contribution in [3.8, 4) is 0 Å². The fourth-order valence-electron chi connectivity index (χ4n) is 3.08. The molecule has 0 heterocycles. The summed E-state index contributed by atoms with van der Waals surface area (Å²) in [7, 11) is 0. The molecule has 6 heteroatoms. The van der Waals surface area contributed by atoms with Crippen LogP contribution in [0.15, 0.2) is 42.5 Å². The first-order chi connectivity index (χ1) is 13.4. The molecule has 1 fully saturated rings. The standard InChI is InChI=1S/C22H24N2O4/c1-4-28-19(25)16-8-10-17(11-9-16)23-20(26)22(12-13-22)21(27)24-18-14(2)6-5-7-15(18)3/h5-11H,4,12-13H2,1-3H3,(H,23,26)(H,24,27). The van der Waals surface area contributed by atoms with Crippen LogP contribution in [0.3, 0.4) is 0 Å². The van der Waals surface area contributed by atoms with Crippen molar-refractivity contribution in [1.29, 1.82) is 0 Å². The molecule has 0 atom stereocenters. The van der Waals surface area contributed by atoms with Gasteiger partial charge in [0.1, 0.15) is 5.41 Å². The van der Waals surface area contributed by atoms with Crippen molar-refractivity contribution in [2.75, 3.05) is 17.2 Å². The number of hydrogen-bond donors (Lipinski definition) is 2. The smallest absolute Gasteiger partial charge is 0.338 e. The maximum Gasteiger partial charge on any atom is 0.338 e. The van der Waals surface area contributed by atoms with Crippen molar-refractivity contribution in [1.82, 2.24) is 0 Å².